The topological polar surface area (TPSA) is 65.0 Å². The van der Waals surface area contributed by atoms with Crippen LogP contribution in [0.1, 0.15) is 31.1 Å². The Balaban J connectivity index is 3.38. The number of carbonyl (C=O) groups excluding carboxylic acids is 2. The molecule has 1 rings (SSSR count). The Morgan fingerprint density at radius 1 is 1.25 bits per heavy atom. The van der Waals surface area contributed by atoms with Crippen molar-refractivity contribution in [3.8, 4) is 5.75 Å². The molecule has 1 aromatic carbocycles. The van der Waals surface area contributed by atoms with Crippen molar-refractivity contribution in [2.75, 3.05) is 13.7 Å². The van der Waals surface area contributed by atoms with Crippen molar-refractivity contribution in [3.63, 3.8) is 0 Å². The van der Waals surface area contributed by atoms with Crippen molar-refractivity contribution in [2.45, 2.75) is 26.8 Å². The molecule has 0 aliphatic rings. The maximum absolute atomic E-state index is 14.2. The Bertz CT molecular complexity index is 659. The van der Waals surface area contributed by atoms with E-state index in [-0.39, 0.29) is 12.6 Å². The Labute approximate surface area is 137 Å². The lowest BCUT2D eigenvalue weighted by Gasteiger charge is -2.13. The molecule has 0 saturated carbocycles. The van der Waals surface area contributed by atoms with E-state index in [0.717, 1.165) is 13.3 Å². The molecule has 0 aliphatic heterocycles. The molecular weight excluding hydrogens is 327 g/mol. The van der Waals surface area contributed by atoms with Gasteiger partial charge in [-0.3, -0.25) is 14.6 Å². The summed E-state index contributed by atoms with van der Waals surface area (Å²) in [6.07, 6.45) is 1.01. The largest absolute Gasteiger partial charge is 0.491 e. The van der Waals surface area contributed by atoms with Crippen LogP contribution in [0, 0.1) is 23.4 Å². The Morgan fingerprint density at radius 3 is 2.38 bits per heavy atom. The number of methoxy groups -OCH3 is 1. The van der Waals surface area contributed by atoms with Crippen molar-refractivity contribution < 1.29 is 32.2 Å². The molecule has 0 bridgehead atoms. The van der Waals surface area contributed by atoms with Crippen molar-refractivity contribution in [2.24, 2.45) is 10.9 Å². The summed E-state index contributed by atoms with van der Waals surface area (Å²) in [6.45, 7) is 4.91. The number of carbonyl (C=O) groups is 2. The third-order valence-electron chi connectivity index (χ3n) is 2.94. The van der Waals surface area contributed by atoms with E-state index < -0.39 is 46.4 Å². The van der Waals surface area contributed by atoms with Gasteiger partial charge >= 0.3 is 5.97 Å². The molecule has 8 heteroatoms. The van der Waals surface area contributed by atoms with E-state index in [0.29, 0.717) is 6.07 Å². The quantitative estimate of drug-likeness (QED) is 0.251. The molecule has 0 radical (unpaired) electrons. The highest BCUT2D eigenvalue weighted by Gasteiger charge is 2.32. The summed E-state index contributed by atoms with van der Waals surface area (Å²) in [5, 5.41) is 0. The summed E-state index contributed by atoms with van der Waals surface area (Å²) in [5.41, 5.74) is -0.820. The van der Waals surface area contributed by atoms with Crippen LogP contribution in [0.25, 0.3) is 0 Å². The number of hydrogen-bond donors (Lipinski definition) is 0. The lowest BCUT2D eigenvalue weighted by atomic mass is 9.97. The van der Waals surface area contributed by atoms with Crippen molar-refractivity contribution in [1.29, 1.82) is 0 Å². The highest BCUT2D eigenvalue weighted by molar-refractivity contribution is 6.18. The number of benzene rings is 1. The minimum atomic E-state index is -1.57. The molecule has 1 aromatic rings. The molecule has 1 atom stereocenters. The number of ketones is 1. The third kappa shape index (κ3) is 4.33. The number of nitrogens with zero attached hydrogens (tertiary/aromatic N) is 1. The molecule has 132 valence electrons. The maximum atomic E-state index is 14.2. The van der Waals surface area contributed by atoms with Crippen LogP contribution in [0.4, 0.5) is 13.2 Å². The van der Waals surface area contributed by atoms with Crippen molar-refractivity contribution in [1.82, 2.24) is 0 Å². The average molecular weight is 345 g/mol. The van der Waals surface area contributed by atoms with Gasteiger partial charge < -0.3 is 9.47 Å². The van der Waals surface area contributed by atoms with E-state index in [1.165, 1.54) is 6.92 Å². The van der Waals surface area contributed by atoms with Crippen molar-refractivity contribution >= 4 is 18.0 Å². The number of Topliss-reactive ketones (excluding diaryl/α,β-unsaturated/α-hetero) is 1. The summed E-state index contributed by atoms with van der Waals surface area (Å²) in [4.78, 5) is 28.3. The van der Waals surface area contributed by atoms with Gasteiger partial charge in [0.2, 0.25) is 5.82 Å². The number of hydrogen-bond acceptors (Lipinski definition) is 5. The SMILES string of the molecule is CCOC(=O)C(C=NC(C)C)C(=O)c1cc(F)c(F)c(OC)c1F. The second kappa shape index (κ2) is 8.47. The number of rotatable bonds is 7. The van der Waals surface area contributed by atoms with E-state index in [1.807, 2.05) is 0 Å². The van der Waals surface area contributed by atoms with Gasteiger partial charge in [0.05, 0.1) is 19.3 Å². The molecule has 0 aromatic heterocycles. The fourth-order valence-corrected chi connectivity index (χ4v) is 1.83. The van der Waals surface area contributed by atoms with Gasteiger partial charge in [-0.15, -0.1) is 0 Å². The Hall–Kier alpha value is -2.38. The molecular formula is C16H18F3NO4. The van der Waals surface area contributed by atoms with Gasteiger partial charge in [0, 0.05) is 12.3 Å². The first-order valence-corrected chi connectivity index (χ1v) is 7.20. The van der Waals surface area contributed by atoms with Crippen molar-refractivity contribution in [3.05, 3.63) is 29.1 Å². The van der Waals surface area contributed by atoms with Crippen LogP contribution in [-0.4, -0.2) is 37.7 Å². The standard InChI is InChI=1S/C16H18F3NO4/c1-5-24-16(22)10(7-20-8(2)3)14(21)9-6-11(17)13(19)15(23-4)12(9)18/h6-8,10H,5H2,1-4H3. The van der Waals surface area contributed by atoms with Gasteiger partial charge in [0.25, 0.3) is 0 Å². The number of esters is 1. The summed E-state index contributed by atoms with van der Waals surface area (Å²) >= 11 is 0. The summed E-state index contributed by atoms with van der Waals surface area (Å²) in [7, 11) is 0.929. The van der Waals surface area contributed by atoms with Crippen LogP contribution in [0.2, 0.25) is 0 Å². The first-order valence-electron chi connectivity index (χ1n) is 7.20. The van der Waals surface area contributed by atoms with Crippen LogP contribution in [0.15, 0.2) is 11.1 Å². The molecule has 5 nitrogen and oxygen atoms in total. The fraction of sp³-hybridized carbons (Fsp3) is 0.438. The van der Waals surface area contributed by atoms with Gasteiger partial charge in [-0.25, -0.2) is 8.78 Å². The normalized spacial score (nSPS) is 12.5. The number of ether oxygens (including phenoxy) is 2. The van der Waals surface area contributed by atoms with Crippen LogP contribution in [0.5, 0.6) is 5.75 Å². The van der Waals surface area contributed by atoms with Crippen LogP contribution in [0.3, 0.4) is 0 Å². The van der Waals surface area contributed by atoms with E-state index in [1.54, 1.807) is 13.8 Å². The van der Waals surface area contributed by atoms with Gasteiger partial charge in [-0.2, -0.15) is 4.39 Å². The van der Waals surface area contributed by atoms with Gasteiger partial charge in [-0.1, -0.05) is 0 Å². The van der Waals surface area contributed by atoms with Crippen LogP contribution < -0.4 is 4.74 Å². The molecule has 0 amide bonds. The minimum absolute atomic E-state index is 0.0122. The molecule has 0 N–H and O–H groups in total. The fourth-order valence-electron chi connectivity index (χ4n) is 1.83. The zero-order valence-corrected chi connectivity index (χ0v) is 13.7. The Morgan fingerprint density at radius 2 is 1.88 bits per heavy atom. The predicted molar refractivity (Wildman–Crippen MR) is 80.9 cm³/mol. The van der Waals surface area contributed by atoms with Crippen LogP contribution in [-0.2, 0) is 9.53 Å². The van der Waals surface area contributed by atoms with E-state index >= 15 is 0 Å². The first kappa shape index (κ1) is 19.7. The summed E-state index contributed by atoms with van der Waals surface area (Å²) in [6, 6.07) is 0.143. The number of aliphatic imine (C=N–C) groups is 1. The second-order valence-electron chi connectivity index (χ2n) is 5.05. The minimum Gasteiger partial charge on any atom is -0.491 e. The zero-order chi connectivity index (χ0) is 18.4. The maximum Gasteiger partial charge on any atom is 0.322 e. The Kier molecular flexibility index (Phi) is 6.94. The lowest BCUT2D eigenvalue weighted by molar-refractivity contribution is -0.143. The average Bonchev–Trinajstić information content (AvgIpc) is 2.51. The molecule has 0 spiro atoms. The molecule has 1 unspecified atom stereocenters. The summed E-state index contributed by atoms with van der Waals surface area (Å²) in [5.74, 6) is -9.11. The third-order valence-corrected chi connectivity index (χ3v) is 2.94. The first-order chi connectivity index (χ1) is 11.2. The highest BCUT2D eigenvalue weighted by atomic mass is 19.2. The molecule has 24 heavy (non-hydrogen) atoms. The highest BCUT2D eigenvalue weighted by Crippen LogP contribution is 2.28. The molecule has 0 saturated heterocycles. The lowest BCUT2D eigenvalue weighted by Crippen LogP contribution is -2.29. The smallest absolute Gasteiger partial charge is 0.322 e. The number of halogens is 3. The zero-order valence-electron chi connectivity index (χ0n) is 13.7. The van der Waals surface area contributed by atoms with E-state index in [4.69, 9.17) is 4.74 Å². The monoisotopic (exact) mass is 345 g/mol. The van der Waals surface area contributed by atoms with Gasteiger partial charge in [-0.05, 0) is 26.8 Å². The van der Waals surface area contributed by atoms with Gasteiger partial charge in [0.15, 0.2) is 29.1 Å². The van der Waals surface area contributed by atoms with Crippen LogP contribution >= 0.6 is 0 Å². The van der Waals surface area contributed by atoms with E-state index in [9.17, 15) is 22.8 Å². The summed E-state index contributed by atoms with van der Waals surface area (Å²) < 4.78 is 50.5. The van der Waals surface area contributed by atoms with E-state index in [2.05, 4.69) is 9.73 Å². The van der Waals surface area contributed by atoms with Gasteiger partial charge in [0.1, 0.15) is 0 Å². The molecule has 0 aliphatic carbocycles. The second-order valence-corrected chi connectivity index (χ2v) is 5.05. The molecule has 0 fully saturated rings. The molecule has 0 heterocycles. The predicted octanol–water partition coefficient (Wildman–Crippen LogP) is 2.95.